The summed E-state index contributed by atoms with van der Waals surface area (Å²) in [4.78, 5) is 44.4. The van der Waals surface area contributed by atoms with Crippen molar-refractivity contribution >= 4 is 40.5 Å². The molecule has 6 N–H and O–H groups in total. The second-order valence-corrected chi connectivity index (χ2v) is 8.47. The van der Waals surface area contributed by atoms with Gasteiger partial charge in [-0.3, -0.25) is 4.79 Å². The molecular formula is C22H26N8O4. The number of nitrogens with zero attached hydrogens (tertiary/aromatic N) is 6. The number of aliphatic carboxylic acids is 1. The molecule has 3 heterocycles. The van der Waals surface area contributed by atoms with Crippen LogP contribution in [0.2, 0.25) is 0 Å². The zero-order valence-electron chi connectivity index (χ0n) is 18.8. The summed E-state index contributed by atoms with van der Waals surface area (Å²) in [5, 5.41) is 19.2. The fraction of sp³-hybridized carbons (Fsp3) is 0.364. The Bertz CT molecular complexity index is 1230. The number of aliphatic hydroxyl groups is 1. The molecule has 0 unspecified atom stereocenters. The summed E-state index contributed by atoms with van der Waals surface area (Å²) in [7, 11) is 0. The maximum absolute atomic E-state index is 12.9. The van der Waals surface area contributed by atoms with E-state index in [1.54, 1.807) is 30.5 Å². The van der Waals surface area contributed by atoms with E-state index in [-0.39, 0.29) is 30.8 Å². The molecule has 0 saturated carbocycles. The molecule has 2 atom stereocenters. The number of likely N-dealkylation sites (tertiary alicyclic amines) is 1. The van der Waals surface area contributed by atoms with Crippen LogP contribution in [0.5, 0.6) is 0 Å². The summed E-state index contributed by atoms with van der Waals surface area (Å²) in [6.45, 7) is 4.45. The topological polar surface area (TPSA) is 185 Å². The molecule has 1 saturated heterocycles. The van der Waals surface area contributed by atoms with Crippen molar-refractivity contribution in [1.82, 2.24) is 24.8 Å². The van der Waals surface area contributed by atoms with Crippen molar-refractivity contribution in [2.45, 2.75) is 45.0 Å². The minimum absolute atomic E-state index is 0.00516. The molecule has 4 rings (SSSR count). The number of carboxylic acids is 1. The van der Waals surface area contributed by atoms with Gasteiger partial charge in [0.2, 0.25) is 5.95 Å². The number of hydrogen-bond acceptors (Lipinski definition) is 10. The van der Waals surface area contributed by atoms with Gasteiger partial charge in [0.25, 0.3) is 5.91 Å². The largest absolute Gasteiger partial charge is 0.480 e. The maximum atomic E-state index is 12.9. The number of carbonyl (C=O) groups excluding carboxylic acids is 1. The number of hydrogen-bond donors (Lipinski definition) is 4. The highest BCUT2D eigenvalue weighted by Crippen LogP contribution is 2.25. The number of aromatic nitrogens is 4. The Morgan fingerprint density at radius 3 is 2.53 bits per heavy atom. The summed E-state index contributed by atoms with van der Waals surface area (Å²) in [5.41, 5.74) is 14.1. The number of anilines is 3. The first-order valence-corrected chi connectivity index (χ1v) is 10.8. The zero-order chi connectivity index (χ0) is 24.6. The number of amides is 1. The molecule has 1 fully saturated rings. The lowest BCUT2D eigenvalue weighted by Gasteiger charge is -2.29. The van der Waals surface area contributed by atoms with Crippen molar-refractivity contribution in [3.63, 3.8) is 0 Å². The molecule has 3 aromatic rings. The quantitative estimate of drug-likeness (QED) is 0.400. The fourth-order valence-corrected chi connectivity index (χ4v) is 4.04. The molecule has 0 radical (unpaired) electrons. The molecule has 34 heavy (non-hydrogen) atoms. The predicted octanol–water partition coefficient (Wildman–Crippen LogP) is 0.659. The van der Waals surface area contributed by atoms with E-state index >= 15 is 0 Å². The van der Waals surface area contributed by atoms with Crippen molar-refractivity contribution in [1.29, 1.82) is 0 Å². The third-order valence-corrected chi connectivity index (χ3v) is 5.73. The highest BCUT2D eigenvalue weighted by atomic mass is 16.4. The third-order valence-electron chi connectivity index (χ3n) is 5.73. The molecule has 178 valence electrons. The van der Waals surface area contributed by atoms with Crippen LogP contribution in [0, 0.1) is 0 Å². The predicted molar refractivity (Wildman–Crippen MR) is 125 cm³/mol. The normalized spacial score (nSPS) is 17.9. The van der Waals surface area contributed by atoms with Crippen molar-refractivity contribution in [3.8, 4) is 0 Å². The van der Waals surface area contributed by atoms with E-state index in [2.05, 4.69) is 24.8 Å². The van der Waals surface area contributed by atoms with Crippen molar-refractivity contribution < 1.29 is 19.8 Å². The minimum atomic E-state index is -1.13. The minimum Gasteiger partial charge on any atom is -0.480 e. The van der Waals surface area contributed by atoms with Crippen molar-refractivity contribution in [3.05, 3.63) is 41.7 Å². The number of β-amino-alcohol motifs (C(OH)–C–C–N with tert-alkyl or cyclic N) is 1. The van der Waals surface area contributed by atoms with Crippen LogP contribution in [0.25, 0.3) is 11.2 Å². The van der Waals surface area contributed by atoms with Gasteiger partial charge in [-0.25, -0.2) is 14.8 Å². The van der Waals surface area contributed by atoms with Crippen molar-refractivity contribution in [2.24, 2.45) is 0 Å². The summed E-state index contributed by atoms with van der Waals surface area (Å²) in [6, 6.07) is 5.94. The van der Waals surface area contributed by atoms with Crippen LogP contribution in [0.3, 0.4) is 0 Å². The van der Waals surface area contributed by atoms with E-state index in [1.165, 1.54) is 4.90 Å². The van der Waals surface area contributed by atoms with Crippen LogP contribution in [-0.2, 0) is 11.3 Å². The SMILES string of the molecule is CC(C)N(Cc1cnc2nc(N)nc(N)c2n1)c1ccc(C(=O)N2C[C@H](O)C[C@H]2C(=O)O)cc1. The molecule has 12 heteroatoms. The molecule has 1 aliphatic rings. The van der Waals surface area contributed by atoms with E-state index in [0.717, 1.165) is 5.69 Å². The van der Waals surface area contributed by atoms with Crippen LogP contribution in [-0.4, -0.2) is 71.7 Å². The molecule has 1 amide bonds. The average molecular weight is 467 g/mol. The Hall–Kier alpha value is -4.06. The number of nitrogens with two attached hydrogens (primary N) is 2. The molecule has 0 spiro atoms. The van der Waals surface area contributed by atoms with Gasteiger partial charge in [-0.15, -0.1) is 0 Å². The molecule has 1 aromatic carbocycles. The lowest BCUT2D eigenvalue weighted by Crippen LogP contribution is -2.40. The van der Waals surface area contributed by atoms with E-state index in [9.17, 15) is 19.8 Å². The van der Waals surface area contributed by atoms with Gasteiger partial charge in [-0.2, -0.15) is 9.97 Å². The molecular weight excluding hydrogens is 440 g/mol. The smallest absolute Gasteiger partial charge is 0.326 e. The van der Waals surface area contributed by atoms with Crippen LogP contribution in [0.1, 0.15) is 36.3 Å². The second kappa shape index (κ2) is 9.06. The third kappa shape index (κ3) is 4.53. The van der Waals surface area contributed by atoms with Crippen LogP contribution in [0.15, 0.2) is 30.5 Å². The average Bonchev–Trinajstić information content (AvgIpc) is 3.19. The summed E-state index contributed by atoms with van der Waals surface area (Å²) >= 11 is 0. The maximum Gasteiger partial charge on any atom is 0.326 e. The molecule has 12 nitrogen and oxygen atoms in total. The highest BCUT2D eigenvalue weighted by molar-refractivity contribution is 5.97. The lowest BCUT2D eigenvalue weighted by atomic mass is 10.1. The summed E-state index contributed by atoms with van der Waals surface area (Å²) in [5.74, 6) is -1.37. The Balaban J connectivity index is 1.56. The van der Waals surface area contributed by atoms with Crippen LogP contribution >= 0.6 is 0 Å². The van der Waals surface area contributed by atoms with Gasteiger partial charge in [0.15, 0.2) is 17.0 Å². The number of fused-ring (bicyclic) bond motifs is 1. The van der Waals surface area contributed by atoms with Crippen molar-refractivity contribution in [2.75, 3.05) is 22.9 Å². The van der Waals surface area contributed by atoms with Crippen LogP contribution < -0.4 is 16.4 Å². The van der Waals surface area contributed by atoms with E-state index in [0.29, 0.717) is 29.0 Å². The van der Waals surface area contributed by atoms with Gasteiger partial charge in [-0.05, 0) is 38.1 Å². The lowest BCUT2D eigenvalue weighted by molar-refractivity contribution is -0.141. The number of benzene rings is 1. The first-order valence-electron chi connectivity index (χ1n) is 10.8. The number of nitrogen functional groups attached to an aromatic ring is 2. The van der Waals surface area contributed by atoms with E-state index in [4.69, 9.17) is 11.5 Å². The first-order chi connectivity index (χ1) is 16.1. The van der Waals surface area contributed by atoms with Gasteiger partial charge in [-0.1, -0.05) is 0 Å². The molecule has 2 aromatic heterocycles. The second-order valence-electron chi connectivity index (χ2n) is 8.47. The highest BCUT2D eigenvalue weighted by Gasteiger charge is 2.39. The summed E-state index contributed by atoms with van der Waals surface area (Å²) in [6.07, 6.45) is 0.779. The van der Waals surface area contributed by atoms with Gasteiger partial charge in [0.05, 0.1) is 24.5 Å². The first kappa shape index (κ1) is 23.1. The number of carbonyl (C=O) groups is 2. The van der Waals surface area contributed by atoms with Gasteiger partial charge >= 0.3 is 5.97 Å². The Kier molecular flexibility index (Phi) is 6.16. The zero-order valence-corrected chi connectivity index (χ0v) is 18.8. The molecule has 0 bridgehead atoms. The Morgan fingerprint density at radius 2 is 1.88 bits per heavy atom. The Labute approximate surface area is 195 Å². The Morgan fingerprint density at radius 1 is 1.18 bits per heavy atom. The van der Waals surface area contributed by atoms with Gasteiger partial charge in [0, 0.05) is 30.3 Å². The van der Waals surface area contributed by atoms with E-state index in [1.807, 2.05) is 13.8 Å². The fourth-order valence-electron chi connectivity index (χ4n) is 4.04. The van der Waals surface area contributed by atoms with Gasteiger partial charge in [0.1, 0.15) is 6.04 Å². The van der Waals surface area contributed by atoms with Gasteiger partial charge < -0.3 is 31.5 Å². The van der Waals surface area contributed by atoms with E-state index < -0.39 is 24.0 Å². The monoisotopic (exact) mass is 466 g/mol. The number of aliphatic hydroxyl groups excluding tert-OH is 1. The van der Waals surface area contributed by atoms with Crippen LogP contribution in [0.4, 0.5) is 17.5 Å². The number of rotatable bonds is 6. The molecule has 0 aliphatic carbocycles. The standard InChI is InChI=1S/C22H26N8O4/c1-11(2)29(9-13-8-25-19-17(26-13)18(23)27-22(24)28-19)14-5-3-12(4-6-14)20(32)30-10-15(31)7-16(30)21(33)34/h3-6,8,11,15-16,31H,7,9-10H2,1-2H3,(H,33,34)(H4,23,24,25,27,28)/t15-,16+/m1/s1. The molecule has 1 aliphatic heterocycles. The summed E-state index contributed by atoms with van der Waals surface area (Å²) < 4.78 is 0. The number of carboxylic acid groups (broad SMARTS) is 1.